The average molecular weight is 264 g/mol. The van der Waals surface area contributed by atoms with E-state index in [1.54, 1.807) is 25.1 Å². The zero-order valence-corrected chi connectivity index (χ0v) is 11.5. The molecular formula is C14H20N2O3. The van der Waals surface area contributed by atoms with Crippen molar-refractivity contribution in [3.05, 3.63) is 29.3 Å². The Morgan fingerprint density at radius 3 is 2.63 bits per heavy atom. The van der Waals surface area contributed by atoms with Crippen LogP contribution in [0.25, 0.3) is 0 Å². The van der Waals surface area contributed by atoms with Crippen LogP contribution in [0.2, 0.25) is 0 Å². The lowest BCUT2D eigenvalue weighted by molar-refractivity contribution is -0.119. The van der Waals surface area contributed by atoms with Gasteiger partial charge in [0, 0.05) is 12.2 Å². The van der Waals surface area contributed by atoms with E-state index in [-0.39, 0.29) is 11.8 Å². The number of hydrogen-bond donors (Lipinski definition) is 2. The van der Waals surface area contributed by atoms with E-state index in [2.05, 4.69) is 5.32 Å². The number of nitrogens with one attached hydrogen (secondary N) is 1. The summed E-state index contributed by atoms with van der Waals surface area (Å²) < 4.78 is 4.70. The van der Waals surface area contributed by atoms with Gasteiger partial charge in [0.05, 0.1) is 18.6 Å². The molecule has 0 fully saturated rings. The van der Waals surface area contributed by atoms with Gasteiger partial charge in [-0.25, -0.2) is 4.79 Å². The third-order valence-corrected chi connectivity index (χ3v) is 3.15. The number of carbonyl (C=O) groups is 2. The SMILES string of the molecule is CCC(CN)C(=O)Nc1cccc(C(=O)OC)c1C. The zero-order valence-electron chi connectivity index (χ0n) is 11.5. The topological polar surface area (TPSA) is 81.4 Å². The first-order valence-electron chi connectivity index (χ1n) is 6.24. The third kappa shape index (κ3) is 3.54. The molecule has 0 aliphatic heterocycles. The van der Waals surface area contributed by atoms with E-state index in [4.69, 9.17) is 10.5 Å². The molecule has 5 heteroatoms. The Bertz CT molecular complexity index is 468. The first-order chi connectivity index (χ1) is 9.04. The van der Waals surface area contributed by atoms with Crippen LogP contribution in [0.5, 0.6) is 0 Å². The summed E-state index contributed by atoms with van der Waals surface area (Å²) in [7, 11) is 1.33. The minimum absolute atomic E-state index is 0.130. The monoisotopic (exact) mass is 264 g/mol. The zero-order chi connectivity index (χ0) is 14.4. The van der Waals surface area contributed by atoms with Gasteiger partial charge in [-0.05, 0) is 31.0 Å². The van der Waals surface area contributed by atoms with Crippen LogP contribution in [0.3, 0.4) is 0 Å². The molecule has 0 heterocycles. The molecule has 0 saturated heterocycles. The highest BCUT2D eigenvalue weighted by Crippen LogP contribution is 2.20. The van der Waals surface area contributed by atoms with Crippen LogP contribution >= 0.6 is 0 Å². The fourth-order valence-electron chi connectivity index (χ4n) is 1.80. The van der Waals surface area contributed by atoms with Gasteiger partial charge in [-0.3, -0.25) is 4.79 Å². The van der Waals surface area contributed by atoms with Gasteiger partial charge in [-0.2, -0.15) is 0 Å². The molecule has 0 radical (unpaired) electrons. The largest absolute Gasteiger partial charge is 0.465 e. The lowest BCUT2D eigenvalue weighted by atomic mass is 10.0. The van der Waals surface area contributed by atoms with Crippen LogP contribution in [0.15, 0.2) is 18.2 Å². The summed E-state index contributed by atoms with van der Waals surface area (Å²) >= 11 is 0. The van der Waals surface area contributed by atoms with Crippen molar-refractivity contribution in [1.29, 1.82) is 0 Å². The number of hydrogen-bond acceptors (Lipinski definition) is 4. The van der Waals surface area contributed by atoms with Crippen LogP contribution in [-0.2, 0) is 9.53 Å². The fraction of sp³-hybridized carbons (Fsp3) is 0.429. The first kappa shape index (κ1) is 15.2. The van der Waals surface area contributed by atoms with Gasteiger partial charge in [0.15, 0.2) is 0 Å². The third-order valence-electron chi connectivity index (χ3n) is 3.15. The maximum Gasteiger partial charge on any atom is 0.338 e. The molecule has 1 aromatic carbocycles. The van der Waals surface area contributed by atoms with Crippen molar-refractivity contribution in [3.63, 3.8) is 0 Å². The molecule has 0 spiro atoms. The number of benzene rings is 1. The first-order valence-corrected chi connectivity index (χ1v) is 6.24. The number of nitrogens with two attached hydrogens (primary N) is 1. The molecule has 0 saturated carbocycles. The number of rotatable bonds is 5. The van der Waals surface area contributed by atoms with Gasteiger partial charge in [-0.15, -0.1) is 0 Å². The summed E-state index contributed by atoms with van der Waals surface area (Å²) in [6, 6.07) is 5.12. The molecule has 3 N–H and O–H groups in total. The van der Waals surface area contributed by atoms with E-state index in [0.29, 0.717) is 29.8 Å². The number of ether oxygens (including phenoxy) is 1. The smallest absolute Gasteiger partial charge is 0.338 e. The van der Waals surface area contributed by atoms with Gasteiger partial charge in [0.25, 0.3) is 0 Å². The van der Waals surface area contributed by atoms with E-state index < -0.39 is 5.97 Å². The Hall–Kier alpha value is -1.88. The van der Waals surface area contributed by atoms with Gasteiger partial charge in [0.2, 0.25) is 5.91 Å². The highest BCUT2D eigenvalue weighted by Gasteiger charge is 2.17. The summed E-state index contributed by atoms with van der Waals surface area (Å²) in [6.07, 6.45) is 0.679. The Kier molecular flexibility index (Phi) is 5.51. The van der Waals surface area contributed by atoms with Crippen LogP contribution < -0.4 is 11.1 Å². The summed E-state index contributed by atoms with van der Waals surface area (Å²) in [5, 5.41) is 2.80. The molecule has 1 unspecified atom stereocenters. The van der Waals surface area contributed by atoms with Crippen LogP contribution in [0.4, 0.5) is 5.69 Å². The summed E-state index contributed by atoms with van der Waals surface area (Å²) in [5.41, 5.74) is 7.29. The minimum Gasteiger partial charge on any atom is -0.465 e. The Labute approximate surface area is 113 Å². The van der Waals surface area contributed by atoms with Gasteiger partial charge in [0.1, 0.15) is 0 Å². The molecule has 1 aromatic rings. The van der Waals surface area contributed by atoms with Gasteiger partial charge in [-0.1, -0.05) is 13.0 Å². The van der Waals surface area contributed by atoms with Crippen molar-refractivity contribution in [1.82, 2.24) is 0 Å². The number of methoxy groups -OCH3 is 1. The molecule has 0 bridgehead atoms. The summed E-state index contributed by atoms with van der Waals surface area (Å²) in [6.45, 7) is 3.98. The van der Waals surface area contributed by atoms with E-state index in [1.807, 2.05) is 6.92 Å². The van der Waals surface area contributed by atoms with E-state index >= 15 is 0 Å². The van der Waals surface area contributed by atoms with Crippen LogP contribution in [0, 0.1) is 12.8 Å². The standard InChI is InChI=1S/C14H20N2O3/c1-4-10(8-15)13(17)16-12-7-5-6-11(9(12)2)14(18)19-3/h5-7,10H,4,8,15H2,1-3H3,(H,16,17). The predicted molar refractivity (Wildman–Crippen MR) is 74.0 cm³/mol. The van der Waals surface area contributed by atoms with Crippen molar-refractivity contribution in [2.75, 3.05) is 19.0 Å². The lowest BCUT2D eigenvalue weighted by Gasteiger charge is -2.15. The number of esters is 1. The molecule has 5 nitrogen and oxygen atoms in total. The predicted octanol–water partition coefficient (Wildman–Crippen LogP) is 1.71. The number of amides is 1. The minimum atomic E-state index is -0.417. The highest BCUT2D eigenvalue weighted by molar-refractivity contribution is 5.97. The average Bonchev–Trinajstić information content (AvgIpc) is 2.41. The summed E-state index contributed by atoms with van der Waals surface area (Å²) in [5.74, 6) is -0.768. The number of carbonyl (C=O) groups excluding carboxylic acids is 2. The molecule has 104 valence electrons. The van der Waals surface area contributed by atoms with Crippen molar-refractivity contribution in [2.45, 2.75) is 20.3 Å². The fourth-order valence-corrected chi connectivity index (χ4v) is 1.80. The maximum atomic E-state index is 12.0. The quantitative estimate of drug-likeness (QED) is 0.793. The van der Waals surface area contributed by atoms with Crippen molar-refractivity contribution >= 4 is 17.6 Å². The van der Waals surface area contributed by atoms with Crippen molar-refractivity contribution in [2.24, 2.45) is 11.7 Å². The maximum absolute atomic E-state index is 12.0. The number of anilines is 1. The molecular weight excluding hydrogens is 244 g/mol. The van der Waals surface area contributed by atoms with E-state index in [0.717, 1.165) is 0 Å². The molecule has 0 aliphatic rings. The lowest BCUT2D eigenvalue weighted by Crippen LogP contribution is -2.29. The van der Waals surface area contributed by atoms with Crippen LogP contribution in [0.1, 0.15) is 29.3 Å². The Morgan fingerprint density at radius 1 is 1.42 bits per heavy atom. The normalized spacial score (nSPS) is 11.8. The molecule has 1 atom stereocenters. The molecule has 0 aromatic heterocycles. The van der Waals surface area contributed by atoms with Gasteiger partial charge >= 0.3 is 5.97 Å². The van der Waals surface area contributed by atoms with E-state index in [1.165, 1.54) is 7.11 Å². The molecule has 1 rings (SSSR count). The summed E-state index contributed by atoms with van der Waals surface area (Å²) in [4.78, 5) is 23.5. The molecule has 19 heavy (non-hydrogen) atoms. The second-order valence-electron chi connectivity index (χ2n) is 4.30. The van der Waals surface area contributed by atoms with Crippen molar-refractivity contribution < 1.29 is 14.3 Å². The second-order valence-corrected chi connectivity index (χ2v) is 4.30. The molecule has 0 aliphatic carbocycles. The van der Waals surface area contributed by atoms with Crippen LogP contribution in [-0.4, -0.2) is 25.5 Å². The van der Waals surface area contributed by atoms with E-state index in [9.17, 15) is 9.59 Å². The Balaban J connectivity index is 2.96. The van der Waals surface area contributed by atoms with Crippen molar-refractivity contribution in [3.8, 4) is 0 Å². The second kappa shape index (κ2) is 6.89. The molecule has 1 amide bonds. The Morgan fingerprint density at radius 2 is 2.11 bits per heavy atom. The highest BCUT2D eigenvalue weighted by atomic mass is 16.5. The van der Waals surface area contributed by atoms with Gasteiger partial charge < -0.3 is 15.8 Å².